The maximum Gasteiger partial charge on any atom is 0.184 e. The number of hydrogen-bond acceptors (Lipinski definition) is 3. The molecule has 3 nitrogen and oxygen atoms in total. The lowest BCUT2D eigenvalue weighted by Crippen LogP contribution is -2.09. The molecule has 0 aliphatic rings. The Kier molecular flexibility index (Phi) is 3.73. The fourth-order valence-electron chi connectivity index (χ4n) is 2.23. The monoisotopic (exact) mass is 334 g/mol. The number of thiophene rings is 1. The molecule has 6 heteroatoms. The van der Waals surface area contributed by atoms with Gasteiger partial charge in [-0.15, -0.1) is 11.3 Å². The van der Waals surface area contributed by atoms with Crippen molar-refractivity contribution in [2.75, 3.05) is 0 Å². The topological polar surface area (TPSA) is 45.8 Å². The molecule has 0 atom stereocenters. The number of hydrogen-bond donors (Lipinski definition) is 0. The molecule has 2 aromatic heterocycles. The largest absolute Gasteiger partial charge is 0.340 e. The Bertz CT molecular complexity index is 889. The summed E-state index contributed by atoms with van der Waals surface area (Å²) in [5.41, 5.74) is 1.88. The zero-order chi connectivity index (χ0) is 15.0. The Morgan fingerprint density at radius 3 is 2.81 bits per heavy atom. The van der Waals surface area contributed by atoms with Crippen molar-refractivity contribution >= 4 is 51.2 Å². The van der Waals surface area contributed by atoms with Gasteiger partial charge < -0.3 is 4.57 Å². The highest BCUT2D eigenvalue weighted by molar-refractivity contribution is 7.20. The van der Waals surface area contributed by atoms with Gasteiger partial charge in [0.2, 0.25) is 0 Å². The second-order valence-electron chi connectivity index (χ2n) is 4.45. The van der Waals surface area contributed by atoms with Crippen LogP contribution in [0.1, 0.15) is 15.9 Å². The van der Waals surface area contributed by atoms with Crippen molar-refractivity contribution in [1.82, 2.24) is 4.57 Å². The van der Waals surface area contributed by atoms with Crippen LogP contribution in [0.25, 0.3) is 10.9 Å². The minimum Gasteiger partial charge on any atom is -0.340 e. The summed E-state index contributed by atoms with van der Waals surface area (Å²) < 4.78 is 2.70. The number of Topliss-reactive ketones (excluding diaryl/α,β-unsaturated/α-hetero) is 1. The molecule has 0 saturated carbocycles. The van der Waals surface area contributed by atoms with E-state index >= 15 is 0 Å². The Morgan fingerprint density at radius 1 is 1.33 bits per heavy atom. The molecule has 3 aromatic rings. The maximum atomic E-state index is 12.3. The summed E-state index contributed by atoms with van der Waals surface area (Å²) in [7, 11) is 0. The molecule has 3 rings (SSSR count). The van der Waals surface area contributed by atoms with Crippen LogP contribution < -0.4 is 0 Å². The van der Waals surface area contributed by atoms with E-state index in [2.05, 4.69) is 6.07 Å². The molecule has 0 bridgehead atoms. The molecule has 2 heterocycles. The molecule has 0 aliphatic carbocycles. The van der Waals surface area contributed by atoms with Crippen molar-refractivity contribution in [3.63, 3.8) is 0 Å². The predicted molar refractivity (Wildman–Crippen MR) is 85.3 cm³/mol. The molecule has 0 N–H and O–H groups in total. The van der Waals surface area contributed by atoms with E-state index < -0.39 is 0 Å². The molecule has 0 amide bonds. The third-order valence-corrected chi connectivity index (χ3v) is 4.69. The molecule has 1 aromatic carbocycles. The van der Waals surface area contributed by atoms with Crippen LogP contribution in [0.3, 0.4) is 0 Å². The summed E-state index contributed by atoms with van der Waals surface area (Å²) in [6.07, 6.45) is 1.80. The van der Waals surface area contributed by atoms with Crippen molar-refractivity contribution in [2.45, 2.75) is 6.54 Å². The third-order valence-electron chi connectivity index (χ3n) is 3.21. The van der Waals surface area contributed by atoms with E-state index in [1.807, 2.05) is 12.1 Å². The SMILES string of the molecule is N#Cc1cccc2c1ccn2CC(=O)c1cc(Cl)sc1Cl. The van der Waals surface area contributed by atoms with E-state index in [9.17, 15) is 4.79 Å². The Balaban J connectivity index is 1.98. The highest BCUT2D eigenvalue weighted by Crippen LogP contribution is 2.32. The quantitative estimate of drug-likeness (QED) is 0.648. The lowest BCUT2D eigenvalue weighted by Gasteiger charge is -2.04. The molecule has 0 saturated heterocycles. The van der Waals surface area contributed by atoms with Crippen LogP contribution in [0.5, 0.6) is 0 Å². The van der Waals surface area contributed by atoms with E-state index in [1.54, 1.807) is 29.0 Å². The third kappa shape index (κ3) is 2.56. The molecular formula is C15H8Cl2N2OS. The number of nitriles is 1. The molecular weight excluding hydrogens is 327 g/mol. The van der Waals surface area contributed by atoms with Crippen LogP contribution in [0, 0.1) is 11.3 Å². The summed E-state index contributed by atoms with van der Waals surface area (Å²) in [5.74, 6) is -0.108. The van der Waals surface area contributed by atoms with Gasteiger partial charge in [0.15, 0.2) is 5.78 Å². The smallest absolute Gasteiger partial charge is 0.184 e. The molecule has 21 heavy (non-hydrogen) atoms. The molecule has 0 aliphatic heterocycles. The minimum atomic E-state index is -0.108. The first-order valence-corrected chi connectivity index (χ1v) is 7.63. The van der Waals surface area contributed by atoms with E-state index in [0.717, 1.165) is 10.9 Å². The minimum absolute atomic E-state index is 0.108. The van der Waals surface area contributed by atoms with Gasteiger partial charge in [0.05, 0.1) is 28.1 Å². The fraction of sp³-hybridized carbons (Fsp3) is 0.0667. The molecule has 0 fully saturated rings. The fourth-order valence-corrected chi connectivity index (χ4v) is 3.73. The van der Waals surface area contributed by atoms with Crippen LogP contribution in [0.2, 0.25) is 8.67 Å². The average molecular weight is 335 g/mol. The van der Waals surface area contributed by atoms with Gasteiger partial charge in [-0.3, -0.25) is 4.79 Å². The van der Waals surface area contributed by atoms with Gasteiger partial charge >= 0.3 is 0 Å². The number of carbonyl (C=O) groups excluding carboxylic acids is 1. The summed E-state index contributed by atoms with van der Waals surface area (Å²) in [4.78, 5) is 12.3. The normalized spacial score (nSPS) is 10.7. The second kappa shape index (κ2) is 5.53. The van der Waals surface area contributed by atoms with Crippen molar-refractivity contribution < 1.29 is 4.79 Å². The molecule has 104 valence electrons. The zero-order valence-electron chi connectivity index (χ0n) is 10.6. The number of nitrogens with zero attached hydrogens (tertiary/aromatic N) is 2. The molecule has 0 spiro atoms. The number of fused-ring (bicyclic) bond motifs is 1. The van der Waals surface area contributed by atoms with Gasteiger partial charge in [0, 0.05) is 17.1 Å². The number of ketones is 1. The van der Waals surface area contributed by atoms with Gasteiger partial charge in [-0.25, -0.2) is 0 Å². The van der Waals surface area contributed by atoms with Gasteiger partial charge in [0.1, 0.15) is 4.34 Å². The standard InChI is InChI=1S/C15H8Cl2N2OS/c16-14-6-11(15(17)21-14)13(20)8-19-5-4-10-9(7-18)2-1-3-12(10)19/h1-6H,8H2. The number of aromatic nitrogens is 1. The Hall–Kier alpha value is -1.80. The summed E-state index contributed by atoms with van der Waals surface area (Å²) in [5, 5.41) is 9.92. The van der Waals surface area contributed by atoms with Gasteiger partial charge in [0.25, 0.3) is 0 Å². The Morgan fingerprint density at radius 2 is 2.14 bits per heavy atom. The summed E-state index contributed by atoms with van der Waals surface area (Å²) >= 11 is 13.0. The van der Waals surface area contributed by atoms with Crippen molar-refractivity contribution in [3.8, 4) is 6.07 Å². The lowest BCUT2D eigenvalue weighted by atomic mass is 10.1. The van der Waals surface area contributed by atoms with Crippen LogP contribution in [0.15, 0.2) is 36.5 Å². The average Bonchev–Trinajstić information content (AvgIpc) is 3.02. The Labute approximate surface area is 134 Å². The van der Waals surface area contributed by atoms with Crippen molar-refractivity contribution in [2.24, 2.45) is 0 Å². The number of rotatable bonds is 3. The van der Waals surface area contributed by atoms with Crippen LogP contribution in [0.4, 0.5) is 0 Å². The van der Waals surface area contributed by atoms with E-state index in [1.165, 1.54) is 11.3 Å². The summed E-state index contributed by atoms with van der Waals surface area (Å²) in [6, 6.07) is 11.0. The number of halogens is 2. The van der Waals surface area contributed by atoms with Gasteiger partial charge in [-0.05, 0) is 24.3 Å². The van der Waals surface area contributed by atoms with E-state index in [4.69, 9.17) is 28.5 Å². The van der Waals surface area contributed by atoms with E-state index in [-0.39, 0.29) is 12.3 Å². The molecule has 0 unspecified atom stereocenters. The van der Waals surface area contributed by atoms with Crippen molar-refractivity contribution in [1.29, 1.82) is 5.26 Å². The lowest BCUT2D eigenvalue weighted by molar-refractivity contribution is 0.0974. The number of carbonyl (C=O) groups is 1. The predicted octanol–water partition coefficient (Wildman–Crippen LogP) is 4.76. The van der Waals surface area contributed by atoms with Crippen LogP contribution >= 0.6 is 34.5 Å². The second-order valence-corrected chi connectivity index (χ2v) is 6.74. The first-order valence-electron chi connectivity index (χ1n) is 6.06. The van der Waals surface area contributed by atoms with Crippen LogP contribution in [-0.2, 0) is 6.54 Å². The van der Waals surface area contributed by atoms with Crippen molar-refractivity contribution in [3.05, 3.63) is 56.3 Å². The van der Waals surface area contributed by atoms with Gasteiger partial charge in [-0.1, -0.05) is 29.3 Å². The first kappa shape index (κ1) is 14.2. The van der Waals surface area contributed by atoms with Gasteiger partial charge in [-0.2, -0.15) is 5.26 Å². The number of benzene rings is 1. The maximum absolute atomic E-state index is 12.3. The highest BCUT2D eigenvalue weighted by Gasteiger charge is 2.16. The molecule has 0 radical (unpaired) electrons. The first-order chi connectivity index (χ1) is 10.1. The zero-order valence-corrected chi connectivity index (χ0v) is 13.0. The van der Waals surface area contributed by atoms with Crippen LogP contribution in [-0.4, -0.2) is 10.4 Å². The highest BCUT2D eigenvalue weighted by atomic mass is 35.5. The van der Waals surface area contributed by atoms with E-state index in [0.29, 0.717) is 19.8 Å². The summed E-state index contributed by atoms with van der Waals surface area (Å²) in [6.45, 7) is 0.158.